The number of hydrogen-bond acceptors (Lipinski definition) is 3. The van der Waals surface area contributed by atoms with Crippen molar-refractivity contribution in [1.82, 2.24) is 15.1 Å². The van der Waals surface area contributed by atoms with Crippen molar-refractivity contribution in [3.63, 3.8) is 0 Å². The molecule has 0 aliphatic carbocycles. The molecule has 0 saturated carbocycles. The Bertz CT molecular complexity index is 841. The molecule has 27 heavy (non-hydrogen) atoms. The van der Waals surface area contributed by atoms with Gasteiger partial charge in [-0.1, -0.05) is 54.9 Å². The Morgan fingerprint density at radius 3 is 2.48 bits per heavy atom. The number of imide groups is 1. The number of rotatable bonds is 6. The normalized spacial score (nSPS) is 19.7. The maximum Gasteiger partial charge on any atom is 0.326 e. The zero-order valence-corrected chi connectivity index (χ0v) is 16.0. The van der Waals surface area contributed by atoms with Gasteiger partial charge in [-0.3, -0.25) is 9.69 Å². The molecule has 5 nitrogen and oxygen atoms in total. The van der Waals surface area contributed by atoms with Gasteiger partial charge in [0.05, 0.1) is 6.67 Å². The van der Waals surface area contributed by atoms with Gasteiger partial charge in [-0.05, 0) is 31.2 Å². The van der Waals surface area contributed by atoms with E-state index in [-0.39, 0.29) is 19.1 Å². The Labute approximate surface area is 162 Å². The molecule has 1 atom stereocenters. The molecule has 0 unspecified atom stereocenters. The summed E-state index contributed by atoms with van der Waals surface area (Å²) in [5.74, 6) is -0.730. The highest BCUT2D eigenvalue weighted by atomic mass is 35.5. The second kappa shape index (κ2) is 7.66. The van der Waals surface area contributed by atoms with Crippen LogP contribution in [0.15, 0.2) is 48.5 Å². The van der Waals surface area contributed by atoms with Gasteiger partial charge in [0.15, 0.2) is 0 Å². The molecule has 1 aliphatic heterocycles. The smallest absolute Gasteiger partial charge is 0.319 e. The molecular weight excluding hydrogens is 369 g/mol. The van der Waals surface area contributed by atoms with Crippen LogP contribution in [0.2, 0.25) is 5.02 Å². The van der Waals surface area contributed by atoms with Crippen LogP contribution in [0, 0.1) is 5.82 Å². The number of carbonyl (C=O) groups excluding carboxylic acids is 2. The summed E-state index contributed by atoms with van der Waals surface area (Å²) in [6, 6.07) is 13.2. The van der Waals surface area contributed by atoms with Crippen molar-refractivity contribution < 1.29 is 14.0 Å². The monoisotopic (exact) mass is 389 g/mol. The van der Waals surface area contributed by atoms with Crippen LogP contribution in [-0.4, -0.2) is 35.5 Å². The number of hydrogen-bond donors (Lipinski definition) is 1. The van der Waals surface area contributed by atoms with E-state index >= 15 is 0 Å². The van der Waals surface area contributed by atoms with E-state index in [4.69, 9.17) is 11.6 Å². The summed E-state index contributed by atoms with van der Waals surface area (Å²) in [4.78, 5) is 28.5. The van der Waals surface area contributed by atoms with Crippen LogP contribution in [0.1, 0.15) is 24.5 Å². The van der Waals surface area contributed by atoms with Gasteiger partial charge in [-0.25, -0.2) is 14.1 Å². The van der Waals surface area contributed by atoms with E-state index in [2.05, 4.69) is 5.32 Å². The molecule has 1 aliphatic rings. The van der Waals surface area contributed by atoms with Crippen LogP contribution in [0.3, 0.4) is 0 Å². The summed E-state index contributed by atoms with van der Waals surface area (Å²) in [5.41, 5.74) is 0.00106. The average molecular weight is 390 g/mol. The van der Waals surface area contributed by atoms with Crippen molar-refractivity contribution >= 4 is 23.5 Å². The number of nitrogens with one attached hydrogen (secondary N) is 1. The molecule has 1 saturated heterocycles. The molecule has 2 aromatic carbocycles. The summed E-state index contributed by atoms with van der Waals surface area (Å²) in [6.07, 6.45) is 0.431. The van der Waals surface area contributed by atoms with E-state index in [1.807, 2.05) is 37.3 Å². The zero-order chi connectivity index (χ0) is 19.6. The van der Waals surface area contributed by atoms with Gasteiger partial charge < -0.3 is 5.32 Å². The number of amides is 3. The maximum atomic E-state index is 14.0. The van der Waals surface area contributed by atoms with Gasteiger partial charge >= 0.3 is 6.03 Å². The van der Waals surface area contributed by atoms with Crippen LogP contribution in [0.25, 0.3) is 0 Å². The van der Waals surface area contributed by atoms with Crippen LogP contribution in [0.4, 0.5) is 9.18 Å². The van der Waals surface area contributed by atoms with Crippen LogP contribution < -0.4 is 5.32 Å². The highest BCUT2D eigenvalue weighted by Crippen LogP contribution is 2.32. The first-order chi connectivity index (χ1) is 12.9. The lowest BCUT2D eigenvalue weighted by molar-refractivity contribution is -0.133. The molecule has 1 fully saturated rings. The molecule has 0 aromatic heterocycles. The Balaban J connectivity index is 1.79. The van der Waals surface area contributed by atoms with E-state index in [0.29, 0.717) is 17.0 Å². The third-order valence-electron chi connectivity index (χ3n) is 4.85. The molecule has 1 N–H and O–H groups in total. The predicted molar refractivity (Wildman–Crippen MR) is 102 cm³/mol. The van der Waals surface area contributed by atoms with Gasteiger partial charge in [0.25, 0.3) is 5.91 Å². The minimum absolute atomic E-state index is 0.0317. The van der Waals surface area contributed by atoms with Gasteiger partial charge in [-0.2, -0.15) is 0 Å². The first kappa shape index (κ1) is 19.3. The first-order valence-electron chi connectivity index (χ1n) is 8.70. The lowest BCUT2D eigenvalue weighted by Crippen LogP contribution is -2.44. The quantitative estimate of drug-likeness (QED) is 0.766. The Hall–Kier alpha value is -2.44. The Morgan fingerprint density at radius 2 is 1.85 bits per heavy atom. The third-order valence-corrected chi connectivity index (χ3v) is 5.20. The van der Waals surface area contributed by atoms with Crippen molar-refractivity contribution in [3.8, 4) is 0 Å². The van der Waals surface area contributed by atoms with Crippen molar-refractivity contribution in [1.29, 1.82) is 0 Å². The Kier molecular flexibility index (Phi) is 5.48. The van der Waals surface area contributed by atoms with Crippen LogP contribution >= 0.6 is 11.6 Å². The number of benzene rings is 2. The lowest BCUT2D eigenvalue weighted by Gasteiger charge is -2.27. The summed E-state index contributed by atoms with van der Waals surface area (Å²) in [7, 11) is 1.71. The molecule has 3 rings (SSSR count). The predicted octanol–water partition coefficient (Wildman–Crippen LogP) is 3.73. The van der Waals surface area contributed by atoms with Crippen LogP contribution in [-0.2, 0) is 16.9 Å². The molecule has 0 bridgehead atoms. The van der Waals surface area contributed by atoms with E-state index in [1.165, 1.54) is 12.1 Å². The minimum Gasteiger partial charge on any atom is -0.319 e. The molecule has 142 valence electrons. The van der Waals surface area contributed by atoms with Crippen molar-refractivity contribution in [2.24, 2.45) is 0 Å². The molecule has 2 aromatic rings. The fraction of sp³-hybridized carbons (Fsp3) is 0.300. The highest BCUT2D eigenvalue weighted by molar-refractivity contribution is 6.31. The Morgan fingerprint density at radius 1 is 1.15 bits per heavy atom. The average Bonchev–Trinajstić information content (AvgIpc) is 2.90. The maximum absolute atomic E-state index is 14.0. The van der Waals surface area contributed by atoms with Gasteiger partial charge in [0, 0.05) is 17.1 Å². The number of nitrogens with zero attached hydrogens (tertiary/aromatic N) is 2. The van der Waals surface area contributed by atoms with E-state index < -0.39 is 17.4 Å². The zero-order valence-electron chi connectivity index (χ0n) is 15.2. The van der Waals surface area contributed by atoms with Crippen molar-refractivity contribution in [2.75, 3.05) is 13.7 Å². The number of urea groups is 1. The minimum atomic E-state index is -1.07. The molecule has 3 amide bonds. The topological polar surface area (TPSA) is 52.7 Å². The van der Waals surface area contributed by atoms with Gasteiger partial charge in [0.2, 0.25) is 0 Å². The SMILES string of the molecule is CC[C@@]1(c2ccccc2)NC(=O)N(CN(C)Cc2c(F)cccc2Cl)C1=O. The van der Waals surface area contributed by atoms with Crippen molar-refractivity contribution in [3.05, 3.63) is 70.5 Å². The first-order valence-corrected chi connectivity index (χ1v) is 9.08. The lowest BCUT2D eigenvalue weighted by atomic mass is 9.87. The van der Waals surface area contributed by atoms with E-state index in [9.17, 15) is 14.0 Å². The summed E-state index contributed by atoms with van der Waals surface area (Å²) < 4.78 is 14.0. The molecule has 0 spiro atoms. The van der Waals surface area contributed by atoms with E-state index in [0.717, 1.165) is 10.5 Å². The second-order valence-corrected chi connectivity index (χ2v) is 7.05. The van der Waals surface area contributed by atoms with Crippen LogP contribution in [0.5, 0.6) is 0 Å². The standard InChI is InChI=1S/C20H21ClFN3O2/c1-3-20(14-8-5-4-6-9-14)18(26)25(19(27)23-20)13-24(2)12-15-16(21)10-7-11-17(15)22/h4-11H,3,12-13H2,1-2H3,(H,23,27)/t20-/m0/s1. The number of carbonyl (C=O) groups is 2. The summed E-state index contributed by atoms with van der Waals surface area (Å²) in [6.45, 7) is 2.06. The summed E-state index contributed by atoms with van der Waals surface area (Å²) in [5, 5.41) is 3.15. The molecule has 0 radical (unpaired) electrons. The highest BCUT2D eigenvalue weighted by Gasteiger charge is 2.51. The fourth-order valence-corrected chi connectivity index (χ4v) is 3.58. The molecule has 7 heteroatoms. The fourth-order valence-electron chi connectivity index (χ4n) is 3.36. The van der Waals surface area contributed by atoms with Gasteiger partial charge in [-0.15, -0.1) is 0 Å². The second-order valence-electron chi connectivity index (χ2n) is 6.64. The third kappa shape index (κ3) is 3.55. The molecular formula is C20H21ClFN3O2. The van der Waals surface area contributed by atoms with Gasteiger partial charge in [0.1, 0.15) is 11.4 Å². The number of halogens is 2. The summed E-state index contributed by atoms with van der Waals surface area (Å²) >= 11 is 6.07. The van der Waals surface area contributed by atoms with E-state index in [1.54, 1.807) is 18.0 Å². The molecule has 1 heterocycles. The van der Waals surface area contributed by atoms with Crippen molar-refractivity contribution in [2.45, 2.75) is 25.4 Å². The largest absolute Gasteiger partial charge is 0.326 e.